The molecular weight excluding hydrogens is 194 g/mol. The Kier molecular flexibility index (Phi) is 2.30. The molecule has 0 N–H and O–H groups in total. The summed E-state index contributed by atoms with van der Waals surface area (Å²) < 4.78 is 2.30. The molecule has 0 fully saturated rings. The lowest BCUT2D eigenvalue weighted by molar-refractivity contribution is -0.698. The van der Waals surface area contributed by atoms with E-state index in [9.17, 15) is 0 Å². The Bertz CT molecular complexity index is 526. The molecule has 16 heavy (non-hydrogen) atoms. The van der Waals surface area contributed by atoms with Gasteiger partial charge in [0.1, 0.15) is 0 Å². The summed E-state index contributed by atoms with van der Waals surface area (Å²) in [6, 6.07) is 17.0. The number of benzene rings is 1. The van der Waals surface area contributed by atoms with Crippen molar-refractivity contribution in [3.8, 4) is 0 Å². The Balaban J connectivity index is 2.04. The van der Waals surface area contributed by atoms with Gasteiger partial charge < -0.3 is 0 Å². The fourth-order valence-corrected chi connectivity index (χ4v) is 2.20. The molecule has 1 nitrogen and oxygen atoms in total. The SMILES string of the molecule is C1=C(c2ccccc2)CC[n+]2ccccc21. The zero-order valence-corrected chi connectivity index (χ0v) is 9.13. The van der Waals surface area contributed by atoms with E-state index in [1.165, 1.54) is 16.8 Å². The molecule has 0 amide bonds. The second kappa shape index (κ2) is 3.93. The number of aryl methyl sites for hydroxylation is 1. The lowest BCUT2D eigenvalue weighted by Crippen LogP contribution is -2.38. The molecule has 0 unspecified atom stereocenters. The van der Waals surface area contributed by atoms with Gasteiger partial charge in [0, 0.05) is 24.6 Å². The van der Waals surface area contributed by atoms with Crippen molar-refractivity contribution in [3.05, 3.63) is 66.0 Å². The van der Waals surface area contributed by atoms with E-state index < -0.39 is 0 Å². The molecule has 1 aromatic carbocycles. The summed E-state index contributed by atoms with van der Waals surface area (Å²) in [5.41, 5.74) is 4.08. The maximum absolute atomic E-state index is 2.30. The van der Waals surface area contributed by atoms with Crippen molar-refractivity contribution in [1.29, 1.82) is 0 Å². The maximum atomic E-state index is 2.30. The van der Waals surface area contributed by atoms with E-state index in [4.69, 9.17) is 0 Å². The summed E-state index contributed by atoms with van der Waals surface area (Å²) in [4.78, 5) is 0. The number of hydrogen-bond donors (Lipinski definition) is 0. The first kappa shape index (κ1) is 9.34. The Hall–Kier alpha value is -1.89. The van der Waals surface area contributed by atoms with Gasteiger partial charge in [0.25, 0.3) is 0 Å². The van der Waals surface area contributed by atoms with E-state index >= 15 is 0 Å². The van der Waals surface area contributed by atoms with Crippen molar-refractivity contribution in [1.82, 2.24) is 0 Å². The Morgan fingerprint density at radius 2 is 1.69 bits per heavy atom. The van der Waals surface area contributed by atoms with Crippen LogP contribution in [0.5, 0.6) is 0 Å². The van der Waals surface area contributed by atoms with Gasteiger partial charge in [-0.2, -0.15) is 4.57 Å². The van der Waals surface area contributed by atoms with Crippen molar-refractivity contribution in [2.75, 3.05) is 0 Å². The number of hydrogen-bond acceptors (Lipinski definition) is 0. The van der Waals surface area contributed by atoms with Crippen molar-refractivity contribution in [2.24, 2.45) is 0 Å². The van der Waals surface area contributed by atoms with Gasteiger partial charge >= 0.3 is 0 Å². The Morgan fingerprint density at radius 1 is 0.875 bits per heavy atom. The third-order valence-corrected chi connectivity index (χ3v) is 3.06. The molecule has 0 spiro atoms. The van der Waals surface area contributed by atoms with E-state index in [2.05, 4.69) is 65.4 Å². The minimum atomic E-state index is 1.08. The van der Waals surface area contributed by atoms with Crippen LogP contribution in [0.15, 0.2) is 54.7 Å². The minimum Gasteiger partial charge on any atom is -0.198 e. The van der Waals surface area contributed by atoms with Gasteiger partial charge in [-0.25, -0.2) is 0 Å². The Morgan fingerprint density at radius 3 is 2.56 bits per heavy atom. The van der Waals surface area contributed by atoms with Crippen molar-refractivity contribution >= 4 is 11.6 Å². The molecule has 2 aromatic rings. The van der Waals surface area contributed by atoms with Crippen LogP contribution in [0.4, 0.5) is 0 Å². The van der Waals surface area contributed by atoms with Gasteiger partial charge in [-0.1, -0.05) is 30.3 Å². The van der Waals surface area contributed by atoms with E-state index in [1.807, 2.05) is 0 Å². The van der Waals surface area contributed by atoms with Gasteiger partial charge in [0.15, 0.2) is 12.7 Å². The quantitative estimate of drug-likeness (QED) is 0.634. The molecule has 78 valence electrons. The smallest absolute Gasteiger partial charge is 0.198 e. The largest absolute Gasteiger partial charge is 0.205 e. The highest BCUT2D eigenvalue weighted by atomic mass is 15.0. The number of nitrogens with zero attached hydrogens (tertiary/aromatic N) is 1. The zero-order chi connectivity index (χ0) is 10.8. The standard InChI is InChI=1S/C15H14N/c1-2-6-13(7-3-1)14-9-11-16-10-5-4-8-15(16)12-14/h1-8,10,12H,9,11H2/q+1. The van der Waals surface area contributed by atoms with E-state index in [1.54, 1.807) is 0 Å². The van der Waals surface area contributed by atoms with Crippen LogP contribution in [0.1, 0.15) is 17.7 Å². The first-order valence-electron chi connectivity index (χ1n) is 5.68. The molecule has 0 saturated heterocycles. The van der Waals surface area contributed by atoms with Crippen molar-refractivity contribution in [3.63, 3.8) is 0 Å². The molecular formula is C15H14N+. The monoisotopic (exact) mass is 208 g/mol. The fraction of sp³-hybridized carbons (Fsp3) is 0.133. The van der Waals surface area contributed by atoms with Crippen LogP contribution in [-0.2, 0) is 6.54 Å². The summed E-state index contributed by atoms with van der Waals surface area (Å²) in [6.07, 6.45) is 5.55. The van der Waals surface area contributed by atoms with Gasteiger partial charge in [-0.15, -0.1) is 0 Å². The van der Waals surface area contributed by atoms with Crippen LogP contribution in [0, 0.1) is 0 Å². The number of fused-ring (bicyclic) bond motifs is 1. The van der Waals surface area contributed by atoms with Crippen LogP contribution < -0.4 is 4.57 Å². The van der Waals surface area contributed by atoms with Gasteiger partial charge in [-0.3, -0.25) is 0 Å². The van der Waals surface area contributed by atoms with Crippen LogP contribution in [0.25, 0.3) is 11.6 Å². The molecule has 0 aliphatic carbocycles. The van der Waals surface area contributed by atoms with Crippen LogP contribution in [0.2, 0.25) is 0 Å². The van der Waals surface area contributed by atoms with Crippen LogP contribution in [-0.4, -0.2) is 0 Å². The molecule has 1 aromatic heterocycles. The lowest BCUT2D eigenvalue weighted by atomic mass is 9.99. The van der Waals surface area contributed by atoms with Crippen molar-refractivity contribution in [2.45, 2.75) is 13.0 Å². The van der Waals surface area contributed by atoms with Gasteiger partial charge in [-0.05, 0) is 17.2 Å². The minimum absolute atomic E-state index is 1.08. The third-order valence-electron chi connectivity index (χ3n) is 3.06. The molecule has 2 heterocycles. The fourth-order valence-electron chi connectivity index (χ4n) is 2.20. The Labute approximate surface area is 95.7 Å². The highest BCUT2D eigenvalue weighted by Crippen LogP contribution is 2.22. The molecule has 0 radical (unpaired) electrons. The topological polar surface area (TPSA) is 3.88 Å². The molecule has 1 aliphatic rings. The van der Waals surface area contributed by atoms with Gasteiger partial charge in [0.05, 0.1) is 0 Å². The molecule has 0 saturated carbocycles. The van der Waals surface area contributed by atoms with Crippen molar-refractivity contribution < 1.29 is 4.57 Å². The number of rotatable bonds is 1. The van der Waals surface area contributed by atoms with Gasteiger partial charge in [0.2, 0.25) is 5.69 Å². The normalized spacial score (nSPS) is 14.1. The number of allylic oxidation sites excluding steroid dienone is 1. The summed E-state index contributed by atoms with van der Waals surface area (Å²) in [5, 5.41) is 0. The highest BCUT2D eigenvalue weighted by Gasteiger charge is 2.16. The maximum Gasteiger partial charge on any atom is 0.205 e. The van der Waals surface area contributed by atoms with E-state index in [-0.39, 0.29) is 0 Å². The molecule has 0 bridgehead atoms. The van der Waals surface area contributed by atoms with Crippen LogP contribution >= 0.6 is 0 Å². The summed E-state index contributed by atoms with van der Waals surface area (Å²) in [7, 11) is 0. The molecule has 1 aliphatic heterocycles. The van der Waals surface area contributed by atoms with E-state index in [0.717, 1.165) is 13.0 Å². The first-order chi connectivity index (χ1) is 7.93. The second-order valence-electron chi connectivity index (χ2n) is 4.10. The molecule has 3 rings (SSSR count). The average Bonchev–Trinajstić information content (AvgIpc) is 2.39. The van der Waals surface area contributed by atoms with E-state index in [0.29, 0.717) is 0 Å². The molecule has 1 heteroatoms. The molecule has 0 atom stereocenters. The number of aromatic nitrogens is 1. The highest BCUT2D eigenvalue weighted by molar-refractivity contribution is 5.80. The third kappa shape index (κ3) is 1.65. The lowest BCUT2D eigenvalue weighted by Gasteiger charge is -2.11. The zero-order valence-electron chi connectivity index (χ0n) is 9.13. The van der Waals surface area contributed by atoms with Crippen LogP contribution in [0.3, 0.4) is 0 Å². The second-order valence-corrected chi connectivity index (χ2v) is 4.10. The predicted molar refractivity (Wildman–Crippen MR) is 65.6 cm³/mol. The predicted octanol–water partition coefficient (Wildman–Crippen LogP) is 2.92. The summed E-state index contributed by atoms with van der Waals surface area (Å²) in [5.74, 6) is 0. The number of pyridine rings is 1. The summed E-state index contributed by atoms with van der Waals surface area (Å²) in [6.45, 7) is 1.08. The summed E-state index contributed by atoms with van der Waals surface area (Å²) >= 11 is 0. The average molecular weight is 208 g/mol. The first-order valence-corrected chi connectivity index (χ1v) is 5.68.